The number of likely N-dealkylation sites (tertiary alicyclic amines) is 1. The van der Waals surface area contributed by atoms with Crippen LogP contribution in [-0.2, 0) is 9.53 Å². The molecule has 1 amide bonds. The molecule has 0 saturated carbocycles. The number of likely N-dealkylation sites (N-methyl/N-ethyl adjacent to an activating group) is 1. The minimum atomic E-state index is 0.105. The van der Waals surface area contributed by atoms with Crippen LogP contribution < -0.4 is 0 Å². The molecular weight excluding hydrogens is 216 g/mol. The number of nitrogens with zero attached hydrogens (tertiary/aromatic N) is 2. The minimum Gasteiger partial charge on any atom is -0.369 e. The maximum atomic E-state index is 11.9. The molecule has 1 aliphatic rings. The molecule has 0 N–H and O–H groups in total. The van der Waals surface area contributed by atoms with E-state index >= 15 is 0 Å². The van der Waals surface area contributed by atoms with Gasteiger partial charge in [-0.2, -0.15) is 0 Å². The number of amides is 1. The average molecular weight is 242 g/mol. The topological polar surface area (TPSA) is 32.8 Å². The Labute approximate surface area is 105 Å². The van der Waals surface area contributed by atoms with Crippen LogP contribution in [0.4, 0.5) is 0 Å². The summed E-state index contributed by atoms with van der Waals surface area (Å²) in [5.74, 6) is 0.105. The van der Waals surface area contributed by atoms with Gasteiger partial charge in [0.1, 0.15) is 6.61 Å². The molecule has 4 nitrogen and oxygen atoms in total. The Kier molecular flexibility index (Phi) is 5.92. The molecule has 0 aromatic heterocycles. The number of carbonyl (C=O) groups excluding carboxylic acids is 1. The van der Waals surface area contributed by atoms with Gasteiger partial charge in [-0.1, -0.05) is 6.92 Å². The zero-order valence-electron chi connectivity index (χ0n) is 11.6. The van der Waals surface area contributed by atoms with E-state index in [2.05, 4.69) is 11.8 Å². The second kappa shape index (κ2) is 6.97. The van der Waals surface area contributed by atoms with Gasteiger partial charge in [-0.15, -0.1) is 0 Å². The molecule has 0 atom stereocenters. The highest BCUT2D eigenvalue weighted by molar-refractivity contribution is 5.77. The molecule has 100 valence electrons. The Morgan fingerprint density at radius 2 is 2.00 bits per heavy atom. The summed E-state index contributed by atoms with van der Waals surface area (Å²) >= 11 is 0. The SMILES string of the molecule is CCN1CCC(N(C)C(=O)COC(C)C)CC1. The highest BCUT2D eigenvalue weighted by atomic mass is 16.5. The fourth-order valence-electron chi connectivity index (χ4n) is 2.17. The van der Waals surface area contributed by atoms with Crippen LogP contribution >= 0.6 is 0 Å². The maximum Gasteiger partial charge on any atom is 0.248 e. The molecular formula is C13H26N2O2. The molecule has 1 aliphatic heterocycles. The monoisotopic (exact) mass is 242 g/mol. The summed E-state index contributed by atoms with van der Waals surface area (Å²) in [5.41, 5.74) is 0. The van der Waals surface area contributed by atoms with Crippen LogP contribution in [0.5, 0.6) is 0 Å². The Morgan fingerprint density at radius 3 is 2.47 bits per heavy atom. The first-order valence-electron chi connectivity index (χ1n) is 6.64. The first-order chi connectivity index (χ1) is 8.04. The van der Waals surface area contributed by atoms with Gasteiger partial charge in [0.05, 0.1) is 6.10 Å². The van der Waals surface area contributed by atoms with E-state index in [4.69, 9.17) is 4.74 Å². The smallest absolute Gasteiger partial charge is 0.248 e. The summed E-state index contributed by atoms with van der Waals surface area (Å²) < 4.78 is 5.36. The molecule has 0 radical (unpaired) electrons. The zero-order valence-corrected chi connectivity index (χ0v) is 11.6. The highest BCUT2D eigenvalue weighted by Crippen LogP contribution is 2.15. The molecule has 1 saturated heterocycles. The largest absolute Gasteiger partial charge is 0.369 e. The molecule has 4 heteroatoms. The number of carbonyl (C=O) groups is 1. The minimum absolute atomic E-state index is 0.105. The van der Waals surface area contributed by atoms with Gasteiger partial charge in [0, 0.05) is 26.2 Å². The summed E-state index contributed by atoms with van der Waals surface area (Å²) in [5, 5.41) is 0. The van der Waals surface area contributed by atoms with Crippen molar-refractivity contribution in [2.75, 3.05) is 33.3 Å². The van der Waals surface area contributed by atoms with E-state index in [-0.39, 0.29) is 18.6 Å². The van der Waals surface area contributed by atoms with E-state index in [9.17, 15) is 4.79 Å². The van der Waals surface area contributed by atoms with Crippen LogP contribution in [0.3, 0.4) is 0 Å². The van der Waals surface area contributed by atoms with Crippen molar-refractivity contribution >= 4 is 5.91 Å². The van der Waals surface area contributed by atoms with Crippen molar-refractivity contribution in [3.8, 4) is 0 Å². The van der Waals surface area contributed by atoms with Crippen LogP contribution in [0.25, 0.3) is 0 Å². The van der Waals surface area contributed by atoms with Crippen LogP contribution in [0.1, 0.15) is 33.6 Å². The fraction of sp³-hybridized carbons (Fsp3) is 0.923. The number of ether oxygens (including phenoxy) is 1. The van der Waals surface area contributed by atoms with Gasteiger partial charge in [0.25, 0.3) is 0 Å². The normalized spacial score (nSPS) is 18.6. The first kappa shape index (κ1) is 14.5. The Bertz CT molecular complexity index is 236. The molecule has 1 rings (SSSR count). The number of rotatable bonds is 5. The average Bonchev–Trinajstić information content (AvgIpc) is 2.35. The number of hydrogen-bond acceptors (Lipinski definition) is 3. The number of hydrogen-bond donors (Lipinski definition) is 0. The van der Waals surface area contributed by atoms with Gasteiger partial charge in [0.2, 0.25) is 5.91 Å². The third-order valence-corrected chi connectivity index (χ3v) is 3.49. The molecule has 17 heavy (non-hydrogen) atoms. The van der Waals surface area contributed by atoms with Gasteiger partial charge in [-0.25, -0.2) is 0 Å². The zero-order chi connectivity index (χ0) is 12.8. The maximum absolute atomic E-state index is 11.9. The van der Waals surface area contributed by atoms with Gasteiger partial charge < -0.3 is 14.5 Å². The Balaban J connectivity index is 2.32. The molecule has 1 fully saturated rings. The first-order valence-corrected chi connectivity index (χ1v) is 6.64. The van der Waals surface area contributed by atoms with Crippen molar-refractivity contribution in [2.45, 2.75) is 45.8 Å². The van der Waals surface area contributed by atoms with E-state index < -0.39 is 0 Å². The van der Waals surface area contributed by atoms with E-state index in [0.29, 0.717) is 6.04 Å². The predicted molar refractivity (Wildman–Crippen MR) is 69.0 cm³/mol. The van der Waals surface area contributed by atoms with Crippen molar-refractivity contribution in [2.24, 2.45) is 0 Å². The van der Waals surface area contributed by atoms with Gasteiger partial charge in [0.15, 0.2) is 0 Å². The summed E-state index contributed by atoms with van der Waals surface area (Å²) in [6.07, 6.45) is 2.28. The van der Waals surface area contributed by atoms with E-state index in [1.807, 2.05) is 25.8 Å². The predicted octanol–water partition coefficient (Wildman–Crippen LogP) is 1.35. The van der Waals surface area contributed by atoms with Crippen molar-refractivity contribution in [3.05, 3.63) is 0 Å². The van der Waals surface area contributed by atoms with Crippen molar-refractivity contribution in [3.63, 3.8) is 0 Å². The molecule has 0 spiro atoms. The molecule has 0 aromatic rings. The third kappa shape index (κ3) is 4.64. The molecule has 0 aromatic carbocycles. The lowest BCUT2D eigenvalue weighted by atomic mass is 10.0. The van der Waals surface area contributed by atoms with Crippen molar-refractivity contribution in [1.29, 1.82) is 0 Å². The second-order valence-electron chi connectivity index (χ2n) is 5.03. The molecule has 1 heterocycles. The Hall–Kier alpha value is -0.610. The summed E-state index contributed by atoms with van der Waals surface area (Å²) in [6, 6.07) is 0.390. The Morgan fingerprint density at radius 1 is 1.41 bits per heavy atom. The lowest BCUT2D eigenvalue weighted by Gasteiger charge is -2.36. The number of piperidine rings is 1. The van der Waals surface area contributed by atoms with Crippen molar-refractivity contribution < 1.29 is 9.53 Å². The molecule has 0 aliphatic carbocycles. The van der Waals surface area contributed by atoms with Gasteiger partial charge in [-0.05, 0) is 33.2 Å². The molecule has 0 bridgehead atoms. The highest BCUT2D eigenvalue weighted by Gasteiger charge is 2.24. The quantitative estimate of drug-likeness (QED) is 0.729. The van der Waals surface area contributed by atoms with E-state index in [1.54, 1.807) is 0 Å². The molecule has 0 unspecified atom stereocenters. The standard InChI is InChI=1S/C13H26N2O2/c1-5-15-8-6-12(7-9-15)14(4)13(16)10-17-11(2)3/h11-12H,5-10H2,1-4H3. The summed E-state index contributed by atoms with van der Waals surface area (Å²) in [6.45, 7) is 9.61. The van der Waals surface area contributed by atoms with E-state index in [1.165, 1.54) is 0 Å². The third-order valence-electron chi connectivity index (χ3n) is 3.49. The second-order valence-corrected chi connectivity index (χ2v) is 5.03. The van der Waals surface area contributed by atoms with Crippen molar-refractivity contribution in [1.82, 2.24) is 9.80 Å². The van der Waals surface area contributed by atoms with Crippen LogP contribution in [0.2, 0.25) is 0 Å². The van der Waals surface area contributed by atoms with Crippen LogP contribution in [-0.4, -0.2) is 61.1 Å². The summed E-state index contributed by atoms with van der Waals surface area (Å²) in [4.78, 5) is 16.2. The van der Waals surface area contributed by atoms with Gasteiger partial charge in [-0.3, -0.25) is 4.79 Å². The van der Waals surface area contributed by atoms with Crippen LogP contribution in [0.15, 0.2) is 0 Å². The van der Waals surface area contributed by atoms with E-state index in [0.717, 1.165) is 32.5 Å². The summed E-state index contributed by atoms with van der Waals surface area (Å²) in [7, 11) is 1.90. The van der Waals surface area contributed by atoms with Gasteiger partial charge >= 0.3 is 0 Å². The van der Waals surface area contributed by atoms with Crippen LogP contribution in [0, 0.1) is 0 Å². The lowest BCUT2D eigenvalue weighted by molar-refractivity contribution is -0.139. The lowest BCUT2D eigenvalue weighted by Crippen LogP contribution is -2.46. The fourth-order valence-corrected chi connectivity index (χ4v) is 2.17.